The summed E-state index contributed by atoms with van der Waals surface area (Å²) in [7, 11) is 0. The Morgan fingerprint density at radius 1 is 1.70 bits per heavy atom. The molecule has 4 heteroatoms. The van der Waals surface area contributed by atoms with Crippen molar-refractivity contribution in [1.82, 2.24) is 0 Å². The molecular weight excluding hydrogens is 175 g/mol. The van der Waals surface area contributed by atoms with Gasteiger partial charge in [0.1, 0.15) is 6.26 Å². The number of hydrogen-bond acceptors (Lipinski definition) is 2. The predicted molar refractivity (Wildman–Crippen MR) is 38.6 cm³/mol. The van der Waals surface area contributed by atoms with Gasteiger partial charge in [-0.05, 0) is 18.5 Å². The molecule has 0 aliphatic heterocycles. The highest BCUT2D eigenvalue weighted by Gasteiger charge is 2.12. The van der Waals surface area contributed by atoms with E-state index < -0.39 is 5.24 Å². The van der Waals surface area contributed by atoms with Gasteiger partial charge in [0.2, 0.25) is 0 Å². The van der Waals surface area contributed by atoms with Crippen LogP contribution in [0.3, 0.4) is 0 Å². The monoisotopic (exact) mass is 178 g/mol. The first-order valence-electron chi connectivity index (χ1n) is 2.56. The summed E-state index contributed by atoms with van der Waals surface area (Å²) in [5.41, 5.74) is 0.585. The predicted octanol–water partition coefficient (Wildman–Crippen LogP) is 2.62. The molecule has 54 valence electrons. The van der Waals surface area contributed by atoms with Gasteiger partial charge in [0.05, 0.1) is 5.02 Å². The van der Waals surface area contributed by atoms with Gasteiger partial charge in [0.15, 0.2) is 5.76 Å². The van der Waals surface area contributed by atoms with Crippen molar-refractivity contribution in [2.75, 3.05) is 0 Å². The lowest BCUT2D eigenvalue weighted by atomic mass is 10.3. The molecule has 0 bridgehead atoms. The number of halogens is 2. The lowest BCUT2D eigenvalue weighted by Crippen LogP contribution is -1.86. The molecule has 0 radical (unpaired) electrons. The molecule has 10 heavy (non-hydrogen) atoms. The quantitative estimate of drug-likeness (QED) is 0.620. The molecule has 0 saturated carbocycles. The second-order valence-corrected chi connectivity index (χ2v) is 2.56. The fourth-order valence-electron chi connectivity index (χ4n) is 0.590. The SMILES string of the molecule is Cc1c(Cl)coc1C(=O)Cl. The second-order valence-electron chi connectivity index (χ2n) is 1.81. The summed E-state index contributed by atoms with van der Waals surface area (Å²) in [6, 6.07) is 0. The average Bonchev–Trinajstić information content (AvgIpc) is 2.14. The minimum atomic E-state index is -0.621. The summed E-state index contributed by atoms with van der Waals surface area (Å²) in [6.07, 6.45) is 1.28. The van der Waals surface area contributed by atoms with E-state index in [-0.39, 0.29) is 5.76 Å². The Morgan fingerprint density at radius 2 is 2.30 bits per heavy atom. The van der Waals surface area contributed by atoms with Gasteiger partial charge in [0, 0.05) is 5.56 Å². The molecule has 1 aromatic rings. The van der Waals surface area contributed by atoms with Crippen LogP contribution in [0.4, 0.5) is 0 Å². The lowest BCUT2D eigenvalue weighted by Gasteiger charge is -1.86. The van der Waals surface area contributed by atoms with Crippen molar-refractivity contribution in [2.45, 2.75) is 6.92 Å². The number of rotatable bonds is 1. The van der Waals surface area contributed by atoms with E-state index in [2.05, 4.69) is 0 Å². The van der Waals surface area contributed by atoms with Gasteiger partial charge >= 0.3 is 0 Å². The van der Waals surface area contributed by atoms with Crippen molar-refractivity contribution in [3.63, 3.8) is 0 Å². The molecule has 0 N–H and O–H groups in total. The molecule has 0 aliphatic rings. The molecule has 1 rings (SSSR count). The standard InChI is InChI=1S/C6H4Cl2O2/c1-3-4(7)2-10-5(3)6(8)9/h2H,1H3. The van der Waals surface area contributed by atoms with Gasteiger partial charge < -0.3 is 4.42 Å². The molecule has 0 fully saturated rings. The fraction of sp³-hybridized carbons (Fsp3) is 0.167. The highest BCUT2D eigenvalue weighted by Crippen LogP contribution is 2.21. The highest BCUT2D eigenvalue weighted by molar-refractivity contribution is 6.67. The smallest absolute Gasteiger partial charge is 0.288 e. The maximum absolute atomic E-state index is 10.5. The Kier molecular flexibility index (Phi) is 2.02. The first-order valence-corrected chi connectivity index (χ1v) is 3.32. The van der Waals surface area contributed by atoms with Crippen LogP contribution in [0.15, 0.2) is 10.7 Å². The molecule has 1 heterocycles. The third kappa shape index (κ3) is 1.18. The maximum atomic E-state index is 10.5. The third-order valence-corrected chi connectivity index (χ3v) is 1.70. The Labute approximate surface area is 67.7 Å². The summed E-state index contributed by atoms with van der Waals surface area (Å²) < 4.78 is 4.74. The van der Waals surface area contributed by atoms with E-state index in [0.29, 0.717) is 10.6 Å². The minimum absolute atomic E-state index is 0.117. The van der Waals surface area contributed by atoms with Gasteiger partial charge in [0.25, 0.3) is 5.24 Å². The molecule has 0 spiro atoms. The zero-order valence-electron chi connectivity index (χ0n) is 5.15. The van der Waals surface area contributed by atoms with Crippen molar-refractivity contribution < 1.29 is 9.21 Å². The molecule has 0 atom stereocenters. The Morgan fingerprint density at radius 3 is 2.50 bits per heavy atom. The van der Waals surface area contributed by atoms with E-state index >= 15 is 0 Å². The minimum Gasteiger partial charge on any atom is -0.458 e. The molecule has 2 nitrogen and oxygen atoms in total. The van der Waals surface area contributed by atoms with Gasteiger partial charge in [-0.25, -0.2) is 0 Å². The average molecular weight is 179 g/mol. The van der Waals surface area contributed by atoms with Gasteiger partial charge in [-0.3, -0.25) is 4.79 Å². The normalized spacial score (nSPS) is 9.90. The summed E-state index contributed by atoms with van der Waals surface area (Å²) in [6.45, 7) is 1.67. The fourth-order valence-corrected chi connectivity index (χ4v) is 0.906. The second kappa shape index (κ2) is 2.64. The van der Waals surface area contributed by atoms with Crippen LogP contribution in [-0.2, 0) is 0 Å². The zero-order chi connectivity index (χ0) is 7.72. The topological polar surface area (TPSA) is 30.2 Å². The third-order valence-electron chi connectivity index (χ3n) is 1.16. The van der Waals surface area contributed by atoms with Gasteiger partial charge in [-0.2, -0.15) is 0 Å². The first-order chi connectivity index (χ1) is 4.63. The van der Waals surface area contributed by atoms with E-state index in [1.807, 2.05) is 0 Å². The molecule has 1 aromatic heterocycles. The van der Waals surface area contributed by atoms with Crippen molar-refractivity contribution >= 4 is 28.4 Å². The van der Waals surface area contributed by atoms with Crippen molar-refractivity contribution in [3.8, 4) is 0 Å². The van der Waals surface area contributed by atoms with Crippen LogP contribution < -0.4 is 0 Å². The Hall–Kier alpha value is -0.470. The molecule has 0 aromatic carbocycles. The first kappa shape index (κ1) is 7.63. The van der Waals surface area contributed by atoms with Crippen molar-refractivity contribution in [1.29, 1.82) is 0 Å². The number of carbonyl (C=O) groups is 1. The number of carbonyl (C=O) groups excluding carboxylic acids is 1. The highest BCUT2D eigenvalue weighted by atomic mass is 35.5. The van der Waals surface area contributed by atoms with E-state index in [4.69, 9.17) is 27.6 Å². The van der Waals surface area contributed by atoms with Crippen LogP contribution in [0.2, 0.25) is 5.02 Å². The molecular formula is C6H4Cl2O2. The molecule has 0 saturated heterocycles. The molecule has 0 unspecified atom stereocenters. The van der Waals surface area contributed by atoms with E-state index in [1.54, 1.807) is 6.92 Å². The van der Waals surface area contributed by atoms with Crippen molar-refractivity contribution in [2.24, 2.45) is 0 Å². The Balaban J connectivity index is 3.17. The Bertz CT molecular complexity index is 265. The van der Waals surface area contributed by atoms with E-state index in [9.17, 15) is 4.79 Å². The van der Waals surface area contributed by atoms with E-state index in [1.165, 1.54) is 6.26 Å². The van der Waals surface area contributed by atoms with Gasteiger partial charge in [-0.1, -0.05) is 11.6 Å². The summed E-state index contributed by atoms with van der Waals surface area (Å²) in [4.78, 5) is 10.5. The van der Waals surface area contributed by atoms with Crippen LogP contribution >= 0.6 is 23.2 Å². The summed E-state index contributed by atoms with van der Waals surface area (Å²) >= 11 is 10.7. The summed E-state index contributed by atoms with van der Waals surface area (Å²) in [5, 5.41) is -0.201. The maximum Gasteiger partial charge on any atom is 0.288 e. The summed E-state index contributed by atoms with van der Waals surface area (Å²) in [5.74, 6) is 0.117. The van der Waals surface area contributed by atoms with Gasteiger partial charge in [-0.15, -0.1) is 0 Å². The molecule has 0 aliphatic carbocycles. The van der Waals surface area contributed by atoms with Crippen LogP contribution in [0, 0.1) is 6.92 Å². The molecule has 0 amide bonds. The van der Waals surface area contributed by atoms with Crippen LogP contribution in [0.1, 0.15) is 16.1 Å². The number of hydrogen-bond donors (Lipinski definition) is 0. The zero-order valence-corrected chi connectivity index (χ0v) is 6.66. The van der Waals surface area contributed by atoms with Crippen LogP contribution in [-0.4, -0.2) is 5.24 Å². The van der Waals surface area contributed by atoms with E-state index in [0.717, 1.165) is 0 Å². The largest absolute Gasteiger partial charge is 0.458 e. The van der Waals surface area contributed by atoms with Crippen LogP contribution in [0.25, 0.3) is 0 Å². The lowest BCUT2D eigenvalue weighted by molar-refractivity contribution is 0.105. The number of furan rings is 1. The van der Waals surface area contributed by atoms with Crippen LogP contribution in [0.5, 0.6) is 0 Å². The van der Waals surface area contributed by atoms with Crippen molar-refractivity contribution in [3.05, 3.63) is 22.6 Å².